The lowest BCUT2D eigenvalue weighted by Crippen LogP contribution is -2.21. The van der Waals surface area contributed by atoms with Crippen LogP contribution in [-0.4, -0.2) is 18.2 Å². The number of carbonyl (C=O) groups is 1. The molecule has 4 aromatic carbocycles. The molecular formula is C29H22N2O2. The van der Waals surface area contributed by atoms with Crippen molar-refractivity contribution in [2.75, 3.05) is 11.6 Å². The van der Waals surface area contributed by atoms with Crippen molar-refractivity contribution >= 4 is 34.2 Å². The zero-order valence-electron chi connectivity index (χ0n) is 18.0. The molecule has 33 heavy (non-hydrogen) atoms. The van der Waals surface area contributed by atoms with E-state index in [2.05, 4.69) is 6.58 Å². The molecule has 0 aromatic heterocycles. The van der Waals surface area contributed by atoms with E-state index < -0.39 is 0 Å². The monoisotopic (exact) mass is 430 g/mol. The van der Waals surface area contributed by atoms with Crippen LogP contribution >= 0.6 is 0 Å². The molecule has 0 atom stereocenters. The Morgan fingerprint density at radius 1 is 0.848 bits per heavy atom. The van der Waals surface area contributed by atoms with Crippen molar-refractivity contribution in [2.45, 2.75) is 0 Å². The minimum atomic E-state index is -0.178. The van der Waals surface area contributed by atoms with E-state index in [-0.39, 0.29) is 5.91 Å². The lowest BCUT2D eigenvalue weighted by molar-refractivity contribution is -0.114. The second-order valence-electron chi connectivity index (χ2n) is 7.62. The van der Waals surface area contributed by atoms with Crippen molar-refractivity contribution in [3.05, 3.63) is 126 Å². The van der Waals surface area contributed by atoms with Gasteiger partial charge in [0.2, 0.25) is 0 Å². The van der Waals surface area contributed by atoms with Gasteiger partial charge in [0, 0.05) is 11.1 Å². The number of hydrazone groups is 1. The van der Waals surface area contributed by atoms with Crippen LogP contribution in [0, 0.1) is 0 Å². The van der Waals surface area contributed by atoms with E-state index >= 15 is 0 Å². The van der Waals surface area contributed by atoms with Crippen LogP contribution < -0.4 is 9.75 Å². The maximum atomic E-state index is 13.6. The van der Waals surface area contributed by atoms with Crippen molar-refractivity contribution in [3.8, 4) is 5.75 Å². The topological polar surface area (TPSA) is 41.9 Å². The molecule has 0 aliphatic carbocycles. The van der Waals surface area contributed by atoms with Crippen molar-refractivity contribution in [1.82, 2.24) is 0 Å². The lowest BCUT2D eigenvalue weighted by atomic mass is 9.97. The summed E-state index contributed by atoms with van der Waals surface area (Å²) in [6.45, 7) is 4.13. The van der Waals surface area contributed by atoms with Crippen molar-refractivity contribution in [2.24, 2.45) is 5.10 Å². The highest BCUT2D eigenvalue weighted by Crippen LogP contribution is 2.34. The van der Waals surface area contributed by atoms with Gasteiger partial charge in [-0.3, -0.25) is 4.79 Å². The van der Waals surface area contributed by atoms with Crippen LogP contribution in [0.15, 0.2) is 120 Å². The molecule has 0 radical (unpaired) electrons. The summed E-state index contributed by atoms with van der Waals surface area (Å²) >= 11 is 0. The maximum Gasteiger partial charge on any atom is 0.281 e. The smallest absolute Gasteiger partial charge is 0.281 e. The molecular weight excluding hydrogens is 408 g/mol. The summed E-state index contributed by atoms with van der Waals surface area (Å²) < 4.78 is 5.96. The summed E-state index contributed by atoms with van der Waals surface area (Å²) in [4.78, 5) is 13.6. The number of nitrogens with zero attached hydrogens (tertiary/aromatic N) is 2. The lowest BCUT2D eigenvalue weighted by Gasteiger charge is -2.13. The van der Waals surface area contributed by atoms with E-state index in [1.165, 1.54) is 5.01 Å². The van der Waals surface area contributed by atoms with Gasteiger partial charge >= 0.3 is 0 Å². The van der Waals surface area contributed by atoms with Crippen LogP contribution in [0.5, 0.6) is 5.75 Å². The number of benzene rings is 4. The predicted molar refractivity (Wildman–Crippen MR) is 135 cm³/mol. The number of hydrogen-bond donors (Lipinski definition) is 0. The number of anilines is 1. The van der Waals surface area contributed by atoms with Gasteiger partial charge in [0.25, 0.3) is 5.91 Å². The first-order valence-corrected chi connectivity index (χ1v) is 10.8. The number of ether oxygens (including phenoxy) is 1. The van der Waals surface area contributed by atoms with Crippen LogP contribution in [0.25, 0.3) is 16.8 Å². The summed E-state index contributed by atoms with van der Waals surface area (Å²) in [6, 6.07) is 31.3. The van der Waals surface area contributed by atoms with E-state index in [9.17, 15) is 4.79 Å². The summed E-state index contributed by atoms with van der Waals surface area (Å²) in [5.41, 5.74) is 3.60. The summed E-state index contributed by atoms with van der Waals surface area (Å²) in [5, 5.41) is 8.27. The Bertz CT molecular complexity index is 1390. The number of amides is 1. The van der Waals surface area contributed by atoms with Gasteiger partial charge in [-0.15, -0.1) is 0 Å². The second-order valence-corrected chi connectivity index (χ2v) is 7.62. The van der Waals surface area contributed by atoms with E-state index in [4.69, 9.17) is 9.84 Å². The van der Waals surface area contributed by atoms with Gasteiger partial charge in [0.1, 0.15) is 18.1 Å². The molecule has 0 unspecified atom stereocenters. The average molecular weight is 431 g/mol. The summed E-state index contributed by atoms with van der Waals surface area (Å²) in [7, 11) is 0. The van der Waals surface area contributed by atoms with Crippen molar-refractivity contribution < 1.29 is 9.53 Å². The molecule has 1 heterocycles. The molecule has 4 aromatic rings. The minimum Gasteiger partial charge on any atom is -0.489 e. The molecule has 0 saturated carbocycles. The fraction of sp³-hybridized carbons (Fsp3) is 0.0345. The Morgan fingerprint density at radius 3 is 2.30 bits per heavy atom. The molecule has 160 valence electrons. The van der Waals surface area contributed by atoms with Gasteiger partial charge in [-0.25, -0.2) is 0 Å². The summed E-state index contributed by atoms with van der Waals surface area (Å²) in [6.07, 6.45) is 3.61. The van der Waals surface area contributed by atoms with E-state index in [1.54, 1.807) is 6.08 Å². The van der Waals surface area contributed by atoms with E-state index in [0.29, 0.717) is 23.6 Å². The van der Waals surface area contributed by atoms with Gasteiger partial charge in [-0.1, -0.05) is 91.5 Å². The first kappa shape index (κ1) is 20.5. The third kappa shape index (κ3) is 3.94. The third-order valence-electron chi connectivity index (χ3n) is 5.50. The zero-order chi connectivity index (χ0) is 22.6. The Kier molecular flexibility index (Phi) is 5.56. The Balaban J connectivity index is 1.71. The van der Waals surface area contributed by atoms with Gasteiger partial charge < -0.3 is 4.74 Å². The minimum absolute atomic E-state index is 0.178. The largest absolute Gasteiger partial charge is 0.489 e. The quantitative estimate of drug-likeness (QED) is 0.268. The number of rotatable bonds is 6. The number of fused-ring (bicyclic) bond motifs is 1. The number of para-hydroxylation sites is 1. The van der Waals surface area contributed by atoms with Gasteiger partial charge in [0.05, 0.1) is 11.3 Å². The molecule has 0 saturated heterocycles. The van der Waals surface area contributed by atoms with Gasteiger partial charge in [-0.2, -0.15) is 10.1 Å². The highest BCUT2D eigenvalue weighted by atomic mass is 16.5. The Labute approximate surface area is 192 Å². The van der Waals surface area contributed by atoms with Crippen LogP contribution in [0.3, 0.4) is 0 Å². The van der Waals surface area contributed by atoms with Crippen molar-refractivity contribution in [1.29, 1.82) is 0 Å². The number of carbonyl (C=O) groups excluding carboxylic acids is 1. The average Bonchev–Trinajstić information content (AvgIpc) is 3.20. The Morgan fingerprint density at radius 2 is 1.55 bits per heavy atom. The fourth-order valence-corrected chi connectivity index (χ4v) is 3.94. The van der Waals surface area contributed by atoms with Crippen LogP contribution in [-0.2, 0) is 4.79 Å². The molecule has 0 bridgehead atoms. The van der Waals surface area contributed by atoms with Crippen LogP contribution in [0.1, 0.15) is 11.1 Å². The normalized spacial score (nSPS) is 14.5. The van der Waals surface area contributed by atoms with Gasteiger partial charge in [0.15, 0.2) is 0 Å². The Hall–Kier alpha value is -4.44. The number of hydrogen-bond acceptors (Lipinski definition) is 3. The molecule has 1 aliphatic rings. The molecule has 4 heteroatoms. The highest BCUT2D eigenvalue weighted by Gasteiger charge is 2.32. The summed E-state index contributed by atoms with van der Waals surface area (Å²) in [5.74, 6) is 0.516. The van der Waals surface area contributed by atoms with Crippen molar-refractivity contribution in [3.63, 3.8) is 0 Å². The molecule has 1 amide bonds. The fourth-order valence-electron chi connectivity index (χ4n) is 3.94. The molecule has 1 aliphatic heterocycles. The van der Waals surface area contributed by atoms with E-state index in [0.717, 1.165) is 27.6 Å². The molecule has 5 rings (SSSR count). The SMILES string of the molecule is C=CCOc1ccc2ccccc2c1C=C1C(=O)N(c2ccccc2)N=C1c1ccccc1. The first-order valence-electron chi connectivity index (χ1n) is 10.8. The molecule has 0 fully saturated rings. The predicted octanol–water partition coefficient (Wildman–Crippen LogP) is 6.24. The zero-order valence-corrected chi connectivity index (χ0v) is 18.0. The first-order chi connectivity index (χ1) is 16.3. The standard InChI is InChI=1S/C29H22N2O2/c1-2-19-33-27-18-17-21-11-9-10-16-24(21)25(27)20-26-28(22-12-5-3-6-13-22)30-31(29(26)32)23-14-7-4-8-15-23/h2-18,20H,1,19H2. The second kappa shape index (κ2) is 8.97. The molecule has 0 N–H and O–H groups in total. The maximum absolute atomic E-state index is 13.6. The highest BCUT2D eigenvalue weighted by molar-refractivity contribution is 6.37. The third-order valence-corrected chi connectivity index (χ3v) is 5.50. The van der Waals surface area contributed by atoms with Crippen LogP contribution in [0.2, 0.25) is 0 Å². The van der Waals surface area contributed by atoms with Crippen LogP contribution in [0.4, 0.5) is 5.69 Å². The van der Waals surface area contributed by atoms with Gasteiger partial charge in [-0.05, 0) is 35.0 Å². The molecule has 0 spiro atoms. The molecule has 4 nitrogen and oxygen atoms in total. The van der Waals surface area contributed by atoms with E-state index in [1.807, 2.05) is 103 Å².